The summed E-state index contributed by atoms with van der Waals surface area (Å²) in [6, 6.07) is 11.0. The number of rotatable bonds is 4. The summed E-state index contributed by atoms with van der Waals surface area (Å²) in [5.74, 6) is 0.0947. The summed E-state index contributed by atoms with van der Waals surface area (Å²) in [7, 11) is 0. The molecule has 0 fully saturated rings. The van der Waals surface area contributed by atoms with Gasteiger partial charge in [0.25, 0.3) is 11.8 Å². The molecule has 6 nitrogen and oxygen atoms in total. The van der Waals surface area contributed by atoms with Gasteiger partial charge in [0.15, 0.2) is 0 Å². The highest BCUT2D eigenvalue weighted by Gasteiger charge is 2.23. The molecule has 0 saturated carbocycles. The quantitative estimate of drug-likeness (QED) is 0.687. The summed E-state index contributed by atoms with van der Waals surface area (Å²) in [4.78, 5) is 29.9. The van der Waals surface area contributed by atoms with Gasteiger partial charge in [0, 0.05) is 28.7 Å². The van der Waals surface area contributed by atoms with Crippen LogP contribution in [0.2, 0.25) is 0 Å². The predicted molar refractivity (Wildman–Crippen MR) is 116 cm³/mol. The van der Waals surface area contributed by atoms with E-state index in [1.165, 1.54) is 0 Å². The molecule has 0 aliphatic heterocycles. The van der Waals surface area contributed by atoms with Gasteiger partial charge in [-0.25, -0.2) is 4.98 Å². The van der Waals surface area contributed by atoms with Crippen LogP contribution >= 0.6 is 0 Å². The molecule has 0 aliphatic carbocycles. The molecule has 0 bridgehead atoms. The van der Waals surface area contributed by atoms with Gasteiger partial charge in [-0.3, -0.25) is 9.59 Å². The van der Waals surface area contributed by atoms with Crippen LogP contribution in [0, 0.1) is 6.92 Å². The van der Waals surface area contributed by atoms with Gasteiger partial charge in [-0.2, -0.15) is 0 Å². The third-order valence-corrected chi connectivity index (χ3v) is 4.59. The minimum atomic E-state index is -0.277. The molecular formula is C23H28N4O2. The van der Waals surface area contributed by atoms with E-state index in [2.05, 4.69) is 36.4 Å². The zero-order valence-corrected chi connectivity index (χ0v) is 17.8. The maximum absolute atomic E-state index is 12.7. The van der Waals surface area contributed by atoms with Crippen LogP contribution < -0.4 is 10.6 Å². The van der Waals surface area contributed by atoms with Gasteiger partial charge in [0.05, 0.1) is 5.56 Å². The molecule has 29 heavy (non-hydrogen) atoms. The van der Waals surface area contributed by atoms with E-state index in [4.69, 9.17) is 0 Å². The Labute approximate surface area is 171 Å². The summed E-state index contributed by atoms with van der Waals surface area (Å²) in [5, 5.41) is 6.55. The first-order valence-corrected chi connectivity index (χ1v) is 9.77. The number of aromatic nitrogens is 2. The zero-order valence-electron chi connectivity index (χ0n) is 17.8. The molecular weight excluding hydrogens is 364 g/mol. The van der Waals surface area contributed by atoms with E-state index in [1.54, 1.807) is 18.2 Å². The fourth-order valence-electron chi connectivity index (χ4n) is 3.10. The molecule has 1 aromatic carbocycles. The number of pyridine rings is 1. The number of carbonyl (C=O) groups excluding carboxylic acids is 2. The maximum Gasteiger partial charge on any atom is 0.256 e. The molecule has 6 heteroatoms. The number of benzene rings is 1. The Balaban J connectivity index is 2.00. The van der Waals surface area contributed by atoms with Crippen molar-refractivity contribution in [1.82, 2.24) is 14.9 Å². The molecule has 152 valence electrons. The van der Waals surface area contributed by atoms with Crippen LogP contribution in [0.15, 0.2) is 42.6 Å². The molecule has 2 amide bonds. The molecule has 2 heterocycles. The van der Waals surface area contributed by atoms with Crippen LogP contribution in [0.1, 0.15) is 60.9 Å². The Morgan fingerprint density at radius 2 is 1.66 bits per heavy atom. The standard InChI is InChI=1S/C23H28N4O2/c1-14(2)24-22(29)18-13-27(23(4,5)6)20-17(18)11-12-19(25-20)26-21(28)16-9-7-15(3)8-10-16/h7-14H,1-6H3,(H,24,29)(H,25,26,28). The summed E-state index contributed by atoms with van der Waals surface area (Å²) in [5.41, 5.74) is 2.62. The minimum absolute atomic E-state index is 0.0385. The van der Waals surface area contributed by atoms with Gasteiger partial charge in [0.2, 0.25) is 0 Å². The summed E-state index contributed by atoms with van der Waals surface area (Å²) < 4.78 is 1.97. The Bertz CT molecular complexity index is 1060. The number of anilines is 1. The second-order valence-electron chi connectivity index (χ2n) is 8.60. The maximum atomic E-state index is 12.7. The topological polar surface area (TPSA) is 76.0 Å². The highest BCUT2D eigenvalue weighted by molar-refractivity contribution is 6.08. The number of nitrogens with one attached hydrogen (secondary N) is 2. The van der Waals surface area contributed by atoms with E-state index in [0.29, 0.717) is 22.6 Å². The second kappa shape index (κ2) is 7.70. The van der Waals surface area contributed by atoms with E-state index >= 15 is 0 Å². The van der Waals surface area contributed by atoms with E-state index < -0.39 is 0 Å². The number of hydrogen-bond donors (Lipinski definition) is 2. The van der Waals surface area contributed by atoms with Crippen LogP contribution in [0.25, 0.3) is 11.0 Å². The lowest BCUT2D eigenvalue weighted by Gasteiger charge is -2.22. The second-order valence-corrected chi connectivity index (χ2v) is 8.60. The third kappa shape index (κ3) is 4.47. The molecule has 0 spiro atoms. The molecule has 3 aromatic rings. The number of fused-ring (bicyclic) bond motifs is 1. The summed E-state index contributed by atoms with van der Waals surface area (Å²) in [6.45, 7) is 12.0. The van der Waals surface area contributed by atoms with Gasteiger partial charge in [-0.1, -0.05) is 17.7 Å². The summed E-state index contributed by atoms with van der Waals surface area (Å²) >= 11 is 0. The molecule has 2 N–H and O–H groups in total. The Hall–Kier alpha value is -3.15. The largest absolute Gasteiger partial charge is 0.350 e. The van der Waals surface area contributed by atoms with Gasteiger partial charge in [-0.05, 0) is 65.8 Å². The minimum Gasteiger partial charge on any atom is -0.350 e. The number of amides is 2. The van der Waals surface area contributed by atoms with Crippen molar-refractivity contribution < 1.29 is 9.59 Å². The Morgan fingerprint density at radius 3 is 2.24 bits per heavy atom. The number of hydrogen-bond acceptors (Lipinski definition) is 3. The van der Waals surface area contributed by atoms with Crippen molar-refractivity contribution in [3.8, 4) is 0 Å². The van der Waals surface area contributed by atoms with E-state index in [9.17, 15) is 9.59 Å². The number of aryl methyl sites for hydroxylation is 1. The highest BCUT2D eigenvalue weighted by Crippen LogP contribution is 2.28. The molecule has 3 rings (SSSR count). The van der Waals surface area contributed by atoms with Crippen LogP contribution in [0.4, 0.5) is 5.82 Å². The van der Waals surface area contributed by atoms with E-state index in [-0.39, 0.29) is 23.4 Å². The SMILES string of the molecule is Cc1ccc(C(=O)Nc2ccc3c(C(=O)NC(C)C)cn(C(C)(C)C)c3n2)cc1. The predicted octanol–water partition coefficient (Wildman–Crippen LogP) is 4.49. The first-order valence-electron chi connectivity index (χ1n) is 9.77. The third-order valence-electron chi connectivity index (χ3n) is 4.59. The number of nitrogens with zero attached hydrogens (tertiary/aromatic N) is 2. The van der Waals surface area contributed by atoms with Gasteiger partial charge < -0.3 is 15.2 Å². The van der Waals surface area contributed by atoms with Crippen molar-refractivity contribution >= 4 is 28.7 Å². The van der Waals surface area contributed by atoms with Crippen LogP contribution in [-0.2, 0) is 5.54 Å². The van der Waals surface area contributed by atoms with Gasteiger partial charge in [-0.15, -0.1) is 0 Å². The van der Waals surface area contributed by atoms with Crippen molar-refractivity contribution in [2.75, 3.05) is 5.32 Å². The average molecular weight is 393 g/mol. The van der Waals surface area contributed by atoms with Crippen LogP contribution in [-0.4, -0.2) is 27.4 Å². The van der Waals surface area contributed by atoms with E-state index in [0.717, 1.165) is 10.9 Å². The molecule has 2 aromatic heterocycles. The van der Waals surface area contributed by atoms with Crippen molar-refractivity contribution in [3.63, 3.8) is 0 Å². The van der Waals surface area contributed by atoms with Crippen molar-refractivity contribution in [2.24, 2.45) is 0 Å². The Kier molecular flexibility index (Phi) is 5.46. The Morgan fingerprint density at radius 1 is 1.00 bits per heavy atom. The van der Waals surface area contributed by atoms with Crippen LogP contribution in [0.3, 0.4) is 0 Å². The van der Waals surface area contributed by atoms with Gasteiger partial charge in [0.1, 0.15) is 11.5 Å². The first-order chi connectivity index (χ1) is 13.6. The number of carbonyl (C=O) groups is 2. The normalized spacial score (nSPS) is 11.7. The lowest BCUT2D eigenvalue weighted by molar-refractivity contribution is 0.0943. The monoisotopic (exact) mass is 392 g/mol. The smallest absolute Gasteiger partial charge is 0.256 e. The summed E-state index contributed by atoms with van der Waals surface area (Å²) in [6.07, 6.45) is 1.83. The molecule has 0 saturated heterocycles. The zero-order chi connectivity index (χ0) is 21.3. The first kappa shape index (κ1) is 20.6. The highest BCUT2D eigenvalue weighted by atomic mass is 16.2. The average Bonchev–Trinajstić information content (AvgIpc) is 3.01. The van der Waals surface area contributed by atoms with Crippen molar-refractivity contribution in [2.45, 2.75) is 53.1 Å². The lowest BCUT2D eigenvalue weighted by atomic mass is 10.1. The molecule has 0 aliphatic rings. The van der Waals surface area contributed by atoms with Crippen LogP contribution in [0.5, 0.6) is 0 Å². The molecule has 0 radical (unpaired) electrons. The molecule has 0 unspecified atom stereocenters. The molecule has 0 atom stereocenters. The fourth-order valence-corrected chi connectivity index (χ4v) is 3.10. The van der Waals surface area contributed by atoms with E-state index in [1.807, 2.05) is 49.7 Å². The van der Waals surface area contributed by atoms with Crippen molar-refractivity contribution in [3.05, 3.63) is 59.3 Å². The fraction of sp³-hybridized carbons (Fsp3) is 0.348. The van der Waals surface area contributed by atoms with Crippen molar-refractivity contribution in [1.29, 1.82) is 0 Å². The lowest BCUT2D eigenvalue weighted by Crippen LogP contribution is -2.30. The van der Waals surface area contributed by atoms with Gasteiger partial charge >= 0.3 is 0 Å².